The highest BCUT2D eigenvalue weighted by molar-refractivity contribution is 6.38. The highest BCUT2D eigenvalue weighted by Crippen LogP contribution is 2.13. The van der Waals surface area contributed by atoms with Gasteiger partial charge in [0.2, 0.25) is 0 Å². The van der Waals surface area contributed by atoms with Crippen molar-refractivity contribution in [3.05, 3.63) is 30.3 Å². The van der Waals surface area contributed by atoms with Gasteiger partial charge < -0.3 is 9.69 Å². The number of carbonyl (C=O) groups is 2. The minimum absolute atomic E-state index is 0.0107. The summed E-state index contributed by atoms with van der Waals surface area (Å²) in [6, 6.07) is 9.61. The van der Waals surface area contributed by atoms with Gasteiger partial charge in [0.05, 0.1) is 5.69 Å². The molecule has 1 fully saturated rings. The summed E-state index contributed by atoms with van der Waals surface area (Å²) < 4.78 is 0. The van der Waals surface area contributed by atoms with E-state index in [1.165, 1.54) is 6.42 Å². The van der Waals surface area contributed by atoms with Crippen LogP contribution in [0.25, 0.3) is 0 Å². The first-order valence-electron chi connectivity index (χ1n) is 8.33. The molecule has 1 aliphatic heterocycles. The molecule has 0 aromatic heterocycles. The average molecular weight is 315 g/mol. The van der Waals surface area contributed by atoms with E-state index in [1.54, 1.807) is 6.92 Å². The summed E-state index contributed by atoms with van der Waals surface area (Å²) >= 11 is 0. The first-order chi connectivity index (χ1) is 11.2. The van der Waals surface area contributed by atoms with E-state index < -0.39 is 0 Å². The summed E-state index contributed by atoms with van der Waals surface area (Å²) in [4.78, 5) is 25.6. The van der Waals surface area contributed by atoms with Gasteiger partial charge in [-0.25, -0.2) is 0 Å². The Hall–Kier alpha value is -2.17. The summed E-state index contributed by atoms with van der Waals surface area (Å²) in [5.41, 5.74) is 3.84. The first-order valence-corrected chi connectivity index (χ1v) is 8.33. The molecular formula is C18H25N3O2. The zero-order valence-corrected chi connectivity index (χ0v) is 13.8. The first kappa shape index (κ1) is 17.2. The number of hydrogen-bond donors (Lipinski definition) is 1. The number of anilines is 1. The maximum Gasteiger partial charge on any atom is 0.199 e. The Labute approximate surface area is 137 Å². The van der Waals surface area contributed by atoms with E-state index in [-0.39, 0.29) is 11.6 Å². The van der Waals surface area contributed by atoms with Gasteiger partial charge in [-0.1, -0.05) is 18.2 Å². The molecular weight excluding hydrogens is 290 g/mol. The van der Waals surface area contributed by atoms with E-state index in [9.17, 15) is 9.59 Å². The van der Waals surface area contributed by atoms with E-state index in [1.807, 2.05) is 30.3 Å². The number of hydrazone groups is 1. The predicted octanol–water partition coefficient (Wildman–Crippen LogP) is 3.23. The molecule has 1 aromatic rings. The molecule has 0 bridgehead atoms. The summed E-state index contributed by atoms with van der Waals surface area (Å²) in [7, 11) is 0. The molecule has 0 spiro atoms. The van der Waals surface area contributed by atoms with Gasteiger partial charge in [0.15, 0.2) is 11.6 Å². The molecule has 2 rings (SSSR count). The van der Waals surface area contributed by atoms with Crippen molar-refractivity contribution in [2.75, 3.05) is 18.5 Å². The summed E-state index contributed by atoms with van der Waals surface area (Å²) in [5.74, 6) is 0.630. The average Bonchev–Trinajstić information content (AvgIpc) is 2.56. The third kappa shape index (κ3) is 5.85. The zero-order chi connectivity index (χ0) is 16.5. The van der Waals surface area contributed by atoms with Crippen molar-refractivity contribution in [3.63, 3.8) is 0 Å². The minimum Gasteiger partial charge on any atom is -0.352 e. The number of rotatable bonds is 7. The van der Waals surface area contributed by atoms with Gasteiger partial charge in [-0.05, 0) is 44.7 Å². The molecule has 1 N–H and O–H groups in total. The number of para-hydroxylation sites is 1. The molecule has 0 amide bonds. The van der Waals surface area contributed by atoms with Crippen LogP contribution in [-0.2, 0) is 9.59 Å². The molecule has 23 heavy (non-hydrogen) atoms. The zero-order valence-electron chi connectivity index (χ0n) is 13.8. The highest BCUT2D eigenvalue weighted by atomic mass is 16.1. The number of amidine groups is 1. The van der Waals surface area contributed by atoms with Crippen molar-refractivity contribution in [1.29, 1.82) is 0 Å². The monoisotopic (exact) mass is 315 g/mol. The Kier molecular flexibility index (Phi) is 6.78. The number of piperidine rings is 1. The van der Waals surface area contributed by atoms with Crippen LogP contribution in [0.5, 0.6) is 0 Å². The van der Waals surface area contributed by atoms with Gasteiger partial charge in [-0.2, -0.15) is 5.10 Å². The largest absolute Gasteiger partial charge is 0.352 e. The van der Waals surface area contributed by atoms with Crippen LogP contribution >= 0.6 is 0 Å². The molecule has 0 saturated carbocycles. The number of nitrogens with zero attached hydrogens (tertiary/aromatic N) is 2. The molecule has 1 saturated heterocycles. The van der Waals surface area contributed by atoms with E-state index in [0.29, 0.717) is 25.1 Å². The molecule has 0 unspecified atom stereocenters. The van der Waals surface area contributed by atoms with Gasteiger partial charge in [0.25, 0.3) is 0 Å². The maximum atomic E-state index is 12.5. The molecule has 1 aromatic carbocycles. The summed E-state index contributed by atoms with van der Waals surface area (Å²) in [5, 5.41) is 4.37. The van der Waals surface area contributed by atoms with Crippen molar-refractivity contribution in [2.45, 2.75) is 45.4 Å². The lowest BCUT2D eigenvalue weighted by atomic mass is 10.1. The second-order valence-electron chi connectivity index (χ2n) is 5.94. The molecule has 0 radical (unpaired) electrons. The number of carbonyl (C=O) groups excluding carboxylic acids is 2. The molecule has 0 atom stereocenters. The molecule has 5 nitrogen and oxygen atoms in total. The van der Waals surface area contributed by atoms with Crippen LogP contribution in [0.15, 0.2) is 35.4 Å². The van der Waals surface area contributed by atoms with Crippen molar-refractivity contribution < 1.29 is 9.59 Å². The van der Waals surface area contributed by atoms with Crippen molar-refractivity contribution in [3.8, 4) is 0 Å². The molecule has 124 valence electrons. The second-order valence-corrected chi connectivity index (χ2v) is 5.94. The molecule has 5 heteroatoms. The summed E-state index contributed by atoms with van der Waals surface area (Å²) in [6.07, 6.45) is 4.79. The van der Waals surface area contributed by atoms with Gasteiger partial charge in [0.1, 0.15) is 5.78 Å². The number of nitrogens with one attached hydrogen (secondary N) is 1. The fraction of sp³-hybridized carbons (Fsp3) is 0.500. The smallest absolute Gasteiger partial charge is 0.199 e. The maximum absolute atomic E-state index is 12.5. The Bertz CT molecular complexity index is 549. The van der Waals surface area contributed by atoms with Gasteiger partial charge >= 0.3 is 0 Å². The lowest BCUT2D eigenvalue weighted by molar-refractivity contribution is -0.117. The minimum atomic E-state index is 0.0107. The van der Waals surface area contributed by atoms with Gasteiger partial charge in [0, 0.05) is 25.9 Å². The second kappa shape index (κ2) is 9.08. The Balaban J connectivity index is 2.04. The lowest BCUT2D eigenvalue weighted by Crippen LogP contribution is -2.40. The van der Waals surface area contributed by atoms with Crippen LogP contribution in [-0.4, -0.2) is 35.4 Å². The van der Waals surface area contributed by atoms with Crippen LogP contribution < -0.4 is 5.43 Å². The standard InChI is InChI=1S/C18H25N3O2/c1-15(22)9-8-12-17(23)18(21-13-6-3-7-14-21)20-19-16-10-4-2-5-11-16/h2,4-5,10-11,19H,3,6-9,12-14H2,1H3/b20-18-. The number of ketones is 2. The predicted molar refractivity (Wildman–Crippen MR) is 92.5 cm³/mol. The third-order valence-electron chi connectivity index (χ3n) is 3.90. The van der Waals surface area contributed by atoms with Gasteiger partial charge in [-0.15, -0.1) is 0 Å². The van der Waals surface area contributed by atoms with E-state index in [2.05, 4.69) is 15.4 Å². The fourth-order valence-electron chi connectivity index (χ4n) is 2.66. The highest BCUT2D eigenvalue weighted by Gasteiger charge is 2.21. The summed E-state index contributed by atoms with van der Waals surface area (Å²) in [6.45, 7) is 3.29. The van der Waals surface area contributed by atoms with Crippen molar-refractivity contribution in [2.24, 2.45) is 5.10 Å². The number of hydrogen-bond acceptors (Lipinski definition) is 4. The van der Waals surface area contributed by atoms with Crippen LogP contribution in [0.2, 0.25) is 0 Å². The van der Waals surface area contributed by atoms with Crippen LogP contribution in [0, 0.1) is 0 Å². The molecule has 1 aliphatic rings. The topological polar surface area (TPSA) is 61.8 Å². The van der Waals surface area contributed by atoms with Crippen LogP contribution in [0.3, 0.4) is 0 Å². The fourth-order valence-corrected chi connectivity index (χ4v) is 2.66. The van der Waals surface area contributed by atoms with Gasteiger partial charge in [-0.3, -0.25) is 10.2 Å². The number of likely N-dealkylation sites (tertiary alicyclic amines) is 1. The van der Waals surface area contributed by atoms with Crippen LogP contribution in [0.4, 0.5) is 5.69 Å². The molecule has 0 aliphatic carbocycles. The van der Waals surface area contributed by atoms with Crippen molar-refractivity contribution in [1.82, 2.24) is 4.90 Å². The van der Waals surface area contributed by atoms with E-state index >= 15 is 0 Å². The molecule has 1 heterocycles. The Morgan fingerprint density at radius 1 is 1.09 bits per heavy atom. The quantitative estimate of drug-likeness (QED) is 0.477. The lowest BCUT2D eigenvalue weighted by Gasteiger charge is -2.29. The Morgan fingerprint density at radius 3 is 2.43 bits per heavy atom. The van der Waals surface area contributed by atoms with E-state index in [4.69, 9.17) is 0 Å². The normalized spacial score (nSPS) is 15.3. The Morgan fingerprint density at radius 2 is 1.78 bits per heavy atom. The van der Waals surface area contributed by atoms with Crippen molar-refractivity contribution >= 4 is 23.1 Å². The number of Topliss-reactive ketones (excluding diaryl/α,β-unsaturated/α-hetero) is 2. The SMILES string of the molecule is CC(=O)CCCC(=O)/C(=N/Nc1ccccc1)N1CCCCC1. The van der Waals surface area contributed by atoms with E-state index in [0.717, 1.165) is 31.6 Å². The third-order valence-corrected chi connectivity index (χ3v) is 3.90. The number of benzene rings is 1. The van der Waals surface area contributed by atoms with Crippen LogP contribution in [0.1, 0.15) is 45.4 Å².